The minimum Gasteiger partial charge on any atom is -0.358 e. The van der Waals surface area contributed by atoms with Gasteiger partial charge in [-0.05, 0) is 49.0 Å². The number of thiocarbonyl (C=S) groups is 1. The number of aromatic nitrogens is 1. The molecule has 1 heterocycles. The van der Waals surface area contributed by atoms with Crippen LogP contribution in [0.3, 0.4) is 0 Å². The van der Waals surface area contributed by atoms with E-state index in [0.717, 1.165) is 6.42 Å². The molecule has 3 N–H and O–H groups in total. The van der Waals surface area contributed by atoms with Gasteiger partial charge in [0, 0.05) is 24.0 Å². The fourth-order valence-corrected chi connectivity index (χ4v) is 3.04. The molecule has 2 aliphatic rings. The van der Waals surface area contributed by atoms with E-state index in [1.54, 1.807) is 24.5 Å². The van der Waals surface area contributed by atoms with Gasteiger partial charge in [0.1, 0.15) is 0 Å². The number of hydrogen-bond acceptors (Lipinski definition) is 3. The molecule has 2 bridgehead atoms. The van der Waals surface area contributed by atoms with E-state index >= 15 is 0 Å². The van der Waals surface area contributed by atoms with E-state index in [1.807, 2.05) is 0 Å². The van der Waals surface area contributed by atoms with E-state index in [-0.39, 0.29) is 5.91 Å². The summed E-state index contributed by atoms with van der Waals surface area (Å²) in [5.41, 5.74) is 5.86. The fraction of sp³-hybridized carbons (Fsp3) is 0.357. The molecular weight excluding hydrogens is 272 g/mol. The minimum atomic E-state index is -0.232. The molecule has 1 saturated carbocycles. The van der Waals surface area contributed by atoms with Crippen LogP contribution in [0.15, 0.2) is 36.7 Å². The number of allylic oxidation sites excluding steroid dienone is 1. The molecule has 0 aliphatic heterocycles. The molecule has 1 fully saturated rings. The quantitative estimate of drug-likeness (QED) is 0.433. The molecule has 0 aromatic carbocycles. The standard InChI is InChI=1S/C14H16N4OS/c19-13(10-3-5-15-6-4-10)17-18-14(20)16-12-8-9-1-2-11(12)7-9/h1-6,9,11-12H,7-8H2,(H,17,19)(H2,16,18,20)/t9-,11-,12-/m1/s1. The summed E-state index contributed by atoms with van der Waals surface area (Å²) in [5.74, 6) is 1.02. The molecule has 0 saturated heterocycles. The second-order valence-electron chi connectivity index (χ2n) is 5.18. The first-order valence-electron chi connectivity index (χ1n) is 6.67. The maximum Gasteiger partial charge on any atom is 0.269 e. The van der Waals surface area contributed by atoms with Crippen molar-refractivity contribution in [2.45, 2.75) is 18.9 Å². The summed E-state index contributed by atoms with van der Waals surface area (Å²) in [5, 5.41) is 3.72. The Hall–Kier alpha value is -1.95. The highest BCUT2D eigenvalue weighted by Crippen LogP contribution is 2.38. The first-order chi connectivity index (χ1) is 9.72. The zero-order valence-electron chi connectivity index (χ0n) is 10.9. The van der Waals surface area contributed by atoms with Crippen molar-refractivity contribution in [3.8, 4) is 0 Å². The van der Waals surface area contributed by atoms with Crippen LogP contribution in [0.2, 0.25) is 0 Å². The average molecular weight is 288 g/mol. The highest BCUT2D eigenvalue weighted by molar-refractivity contribution is 7.80. The smallest absolute Gasteiger partial charge is 0.269 e. The molecule has 5 nitrogen and oxygen atoms in total. The van der Waals surface area contributed by atoms with Crippen LogP contribution in [0, 0.1) is 11.8 Å². The van der Waals surface area contributed by atoms with Gasteiger partial charge in [0.25, 0.3) is 5.91 Å². The van der Waals surface area contributed by atoms with Gasteiger partial charge in [0.05, 0.1) is 0 Å². The number of fused-ring (bicyclic) bond motifs is 2. The van der Waals surface area contributed by atoms with E-state index in [4.69, 9.17) is 12.2 Å². The van der Waals surface area contributed by atoms with Crippen LogP contribution in [0.5, 0.6) is 0 Å². The van der Waals surface area contributed by atoms with Crippen molar-refractivity contribution in [2.75, 3.05) is 0 Å². The van der Waals surface area contributed by atoms with E-state index in [0.29, 0.717) is 28.6 Å². The Kier molecular flexibility index (Phi) is 3.64. The molecule has 104 valence electrons. The van der Waals surface area contributed by atoms with E-state index in [2.05, 4.69) is 33.3 Å². The number of amides is 1. The Bertz CT molecular complexity index is 545. The molecule has 20 heavy (non-hydrogen) atoms. The Labute approximate surface area is 122 Å². The second-order valence-corrected chi connectivity index (χ2v) is 5.58. The summed E-state index contributed by atoms with van der Waals surface area (Å²) >= 11 is 5.20. The van der Waals surface area contributed by atoms with Crippen LogP contribution in [0.25, 0.3) is 0 Å². The number of pyridine rings is 1. The molecule has 0 spiro atoms. The molecule has 0 radical (unpaired) electrons. The summed E-state index contributed by atoms with van der Waals surface area (Å²) < 4.78 is 0. The largest absolute Gasteiger partial charge is 0.358 e. The maximum absolute atomic E-state index is 11.8. The minimum absolute atomic E-state index is 0.232. The highest BCUT2D eigenvalue weighted by atomic mass is 32.1. The van der Waals surface area contributed by atoms with Gasteiger partial charge in [-0.3, -0.25) is 20.6 Å². The molecule has 3 rings (SSSR count). The Morgan fingerprint density at radius 2 is 2.00 bits per heavy atom. The number of hydrogen-bond donors (Lipinski definition) is 3. The van der Waals surface area contributed by atoms with E-state index < -0.39 is 0 Å². The summed E-state index contributed by atoms with van der Waals surface area (Å²) in [6.07, 6.45) is 10.0. The van der Waals surface area contributed by atoms with Gasteiger partial charge in [0.15, 0.2) is 5.11 Å². The second kappa shape index (κ2) is 5.58. The number of hydrazine groups is 1. The van der Waals surface area contributed by atoms with Gasteiger partial charge in [-0.1, -0.05) is 12.2 Å². The van der Waals surface area contributed by atoms with Crippen molar-refractivity contribution in [3.05, 3.63) is 42.2 Å². The average Bonchev–Trinajstić information content (AvgIpc) is 3.08. The third kappa shape index (κ3) is 2.80. The normalized spacial score (nSPS) is 26.3. The van der Waals surface area contributed by atoms with Crippen LogP contribution in [-0.2, 0) is 0 Å². The number of nitrogens with one attached hydrogen (secondary N) is 3. The summed E-state index contributed by atoms with van der Waals surface area (Å²) in [7, 11) is 0. The molecular formula is C14H16N4OS. The van der Waals surface area contributed by atoms with E-state index in [1.165, 1.54) is 6.42 Å². The number of carbonyl (C=O) groups is 1. The van der Waals surface area contributed by atoms with Crippen LogP contribution in [-0.4, -0.2) is 22.0 Å². The molecule has 3 atom stereocenters. The lowest BCUT2D eigenvalue weighted by Gasteiger charge is -2.21. The number of nitrogens with zero attached hydrogens (tertiary/aromatic N) is 1. The lowest BCUT2D eigenvalue weighted by molar-refractivity contribution is 0.0943. The van der Waals surface area contributed by atoms with E-state index in [9.17, 15) is 4.79 Å². The summed E-state index contributed by atoms with van der Waals surface area (Å²) in [4.78, 5) is 15.7. The Morgan fingerprint density at radius 3 is 2.65 bits per heavy atom. The Balaban J connectivity index is 1.46. The summed E-state index contributed by atoms with van der Waals surface area (Å²) in [6.45, 7) is 0. The maximum atomic E-state index is 11.8. The van der Waals surface area contributed by atoms with Gasteiger partial charge < -0.3 is 5.32 Å². The highest BCUT2D eigenvalue weighted by Gasteiger charge is 2.35. The van der Waals surface area contributed by atoms with Gasteiger partial charge >= 0.3 is 0 Å². The van der Waals surface area contributed by atoms with Crippen LogP contribution >= 0.6 is 12.2 Å². The van der Waals surface area contributed by atoms with Crippen LogP contribution in [0.1, 0.15) is 23.2 Å². The SMILES string of the molecule is O=C(NNC(=S)N[C@@H]1C[C@@H]2C=C[C@@H]1C2)c1ccncc1. The van der Waals surface area contributed by atoms with Crippen molar-refractivity contribution in [1.82, 2.24) is 21.2 Å². The number of carbonyl (C=O) groups excluding carboxylic acids is 1. The molecule has 0 unspecified atom stereocenters. The lowest BCUT2D eigenvalue weighted by atomic mass is 10.0. The zero-order chi connectivity index (χ0) is 13.9. The lowest BCUT2D eigenvalue weighted by Crippen LogP contribution is -2.50. The van der Waals surface area contributed by atoms with Crippen molar-refractivity contribution >= 4 is 23.2 Å². The molecule has 2 aliphatic carbocycles. The molecule has 1 amide bonds. The van der Waals surface area contributed by atoms with Gasteiger partial charge in [-0.2, -0.15) is 0 Å². The van der Waals surface area contributed by atoms with Crippen molar-refractivity contribution in [2.24, 2.45) is 11.8 Å². The summed E-state index contributed by atoms with van der Waals surface area (Å²) in [6, 6.07) is 3.67. The number of rotatable bonds is 2. The third-order valence-electron chi connectivity index (χ3n) is 3.83. The van der Waals surface area contributed by atoms with Gasteiger partial charge in [-0.15, -0.1) is 0 Å². The monoisotopic (exact) mass is 288 g/mol. The third-order valence-corrected chi connectivity index (χ3v) is 4.05. The molecule has 1 aromatic rings. The fourth-order valence-electron chi connectivity index (χ4n) is 2.84. The predicted octanol–water partition coefficient (Wildman–Crippen LogP) is 1.16. The molecule has 6 heteroatoms. The first-order valence-corrected chi connectivity index (χ1v) is 7.08. The van der Waals surface area contributed by atoms with Crippen molar-refractivity contribution in [1.29, 1.82) is 0 Å². The van der Waals surface area contributed by atoms with Crippen LogP contribution < -0.4 is 16.2 Å². The Morgan fingerprint density at radius 1 is 1.20 bits per heavy atom. The van der Waals surface area contributed by atoms with Crippen molar-refractivity contribution < 1.29 is 4.79 Å². The van der Waals surface area contributed by atoms with Crippen LogP contribution in [0.4, 0.5) is 0 Å². The topological polar surface area (TPSA) is 66.1 Å². The zero-order valence-corrected chi connectivity index (χ0v) is 11.7. The predicted molar refractivity (Wildman–Crippen MR) is 79.7 cm³/mol. The van der Waals surface area contributed by atoms with Crippen molar-refractivity contribution in [3.63, 3.8) is 0 Å². The van der Waals surface area contributed by atoms with Gasteiger partial charge in [-0.25, -0.2) is 0 Å². The van der Waals surface area contributed by atoms with Gasteiger partial charge in [0.2, 0.25) is 0 Å². The first kappa shape index (κ1) is 13.1. The molecule has 1 aromatic heterocycles.